The number of hydrogen-bond acceptors (Lipinski definition) is 4. The van der Waals surface area contributed by atoms with Crippen LogP contribution >= 0.6 is 34.8 Å². The lowest BCUT2D eigenvalue weighted by Crippen LogP contribution is -2.49. The van der Waals surface area contributed by atoms with Crippen molar-refractivity contribution in [1.82, 2.24) is 5.32 Å². The molecule has 1 aromatic carbocycles. The van der Waals surface area contributed by atoms with Crippen molar-refractivity contribution in [2.24, 2.45) is 5.92 Å². The Bertz CT molecular complexity index is 531. The van der Waals surface area contributed by atoms with Gasteiger partial charge in [-0.1, -0.05) is 60.8 Å². The molecule has 1 aromatic rings. The predicted octanol–water partition coefficient (Wildman–Crippen LogP) is 3.44. The quantitative estimate of drug-likeness (QED) is 0.380. The van der Waals surface area contributed by atoms with Gasteiger partial charge in [0.15, 0.2) is 5.75 Å². The molecule has 0 fully saturated rings. The Kier molecular flexibility index (Phi) is 6.07. The number of carbonyl (C=O) groups excluding carboxylic acids is 1. The molecule has 6 nitrogen and oxygen atoms in total. The van der Waals surface area contributed by atoms with Gasteiger partial charge in [0.1, 0.15) is 0 Å². The molecule has 0 radical (unpaired) electrons. The number of alkyl halides is 3. The molecule has 9 heteroatoms. The van der Waals surface area contributed by atoms with Crippen LogP contribution in [0.2, 0.25) is 0 Å². The predicted molar refractivity (Wildman–Crippen MR) is 80.8 cm³/mol. The van der Waals surface area contributed by atoms with E-state index in [4.69, 9.17) is 39.5 Å². The molecule has 0 unspecified atom stereocenters. The third-order valence-electron chi connectivity index (χ3n) is 2.40. The summed E-state index contributed by atoms with van der Waals surface area (Å²) in [5.74, 6) is -0.887. The highest BCUT2D eigenvalue weighted by atomic mass is 35.6. The number of halogens is 3. The number of benzene rings is 1. The first-order chi connectivity index (χ1) is 9.62. The summed E-state index contributed by atoms with van der Waals surface area (Å²) in [4.78, 5) is 22.0. The van der Waals surface area contributed by atoms with Crippen molar-refractivity contribution in [2.75, 3.05) is 0 Å². The standard InChI is InChI=1S/C12H13Cl3N2O4/c1-7(2)10(18)16-11(12(13,14)15)21-9-6-4-3-5-8(9)17(19)20/h3-7,11H,1-2H3,(H,16,18)/t11-/m1/s1. The van der Waals surface area contributed by atoms with E-state index in [0.29, 0.717) is 0 Å². The van der Waals surface area contributed by atoms with E-state index in [2.05, 4.69) is 5.32 Å². The first-order valence-electron chi connectivity index (χ1n) is 5.90. The van der Waals surface area contributed by atoms with Crippen LogP contribution in [0.5, 0.6) is 5.75 Å². The number of rotatable bonds is 5. The summed E-state index contributed by atoms with van der Waals surface area (Å²) in [5, 5.41) is 13.3. The molecule has 0 aliphatic rings. The fourth-order valence-corrected chi connectivity index (χ4v) is 1.61. The highest BCUT2D eigenvalue weighted by Gasteiger charge is 2.37. The number of nitrogens with one attached hydrogen (secondary N) is 1. The van der Waals surface area contributed by atoms with Gasteiger partial charge in [-0.3, -0.25) is 14.9 Å². The van der Waals surface area contributed by atoms with Gasteiger partial charge in [0.2, 0.25) is 15.9 Å². The first-order valence-corrected chi connectivity index (χ1v) is 7.03. The second kappa shape index (κ2) is 7.15. The van der Waals surface area contributed by atoms with Crippen LogP contribution in [0.15, 0.2) is 24.3 Å². The topological polar surface area (TPSA) is 81.5 Å². The summed E-state index contributed by atoms with van der Waals surface area (Å²) < 4.78 is 3.33. The fourth-order valence-electron chi connectivity index (χ4n) is 1.31. The van der Waals surface area contributed by atoms with Crippen molar-refractivity contribution >= 4 is 46.4 Å². The van der Waals surface area contributed by atoms with Crippen LogP contribution in [0.3, 0.4) is 0 Å². The molecule has 0 aliphatic carbocycles. The van der Waals surface area contributed by atoms with Crippen LogP contribution in [-0.2, 0) is 4.79 Å². The Morgan fingerprint density at radius 2 is 1.90 bits per heavy atom. The molecule has 0 saturated heterocycles. The van der Waals surface area contributed by atoms with Gasteiger partial charge in [0.05, 0.1) is 4.92 Å². The Balaban J connectivity index is 3.03. The third-order valence-corrected chi connectivity index (χ3v) is 3.00. The van der Waals surface area contributed by atoms with Crippen molar-refractivity contribution < 1.29 is 14.5 Å². The highest BCUT2D eigenvalue weighted by Crippen LogP contribution is 2.34. The van der Waals surface area contributed by atoms with Gasteiger partial charge < -0.3 is 10.1 Å². The Labute approximate surface area is 136 Å². The van der Waals surface area contributed by atoms with Gasteiger partial charge in [-0.05, 0) is 6.07 Å². The molecule has 0 heterocycles. The van der Waals surface area contributed by atoms with Crippen LogP contribution in [-0.4, -0.2) is 20.9 Å². The zero-order valence-corrected chi connectivity index (χ0v) is 13.4. The molecule has 0 spiro atoms. The van der Waals surface area contributed by atoms with Gasteiger partial charge in [-0.15, -0.1) is 0 Å². The average molecular weight is 356 g/mol. The zero-order valence-electron chi connectivity index (χ0n) is 11.2. The number of amides is 1. The van der Waals surface area contributed by atoms with E-state index in [1.807, 2.05) is 0 Å². The largest absolute Gasteiger partial charge is 0.459 e. The highest BCUT2D eigenvalue weighted by molar-refractivity contribution is 6.68. The van der Waals surface area contributed by atoms with Crippen molar-refractivity contribution in [1.29, 1.82) is 0 Å². The normalized spacial score (nSPS) is 12.9. The van der Waals surface area contributed by atoms with Crippen LogP contribution < -0.4 is 10.1 Å². The maximum Gasteiger partial charge on any atom is 0.311 e. The molecule has 0 saturated carbocycles. The molecule has 1 rings (SSSR count). The van der Waals surface area contributed by atoms with Gasteiger partial charge in [-0.2, -0.15) is 0 Å². The minimum Gasteiger partial charge on any atom is -0.459 e. The summed E-state index contributed by atoms with van der Waals surface area (Å²) in [6.45, 7) is 3.30. The number of ether oxygens (including phenoxy) is 1. The molecule has 0 aliphatic heterocycles. The minimum absolute atomic E-state index is 0.108. The van der Waals surface area contributed by atoms with Crippen LogP contribution in [0.25, 0.3) is 0 Å². The van der Waals surface area contributed by atoms with Crippen LogP contribution in [0.4, 0.5) is 5.69 Å². The number of carbonyl (C=O) groups is 1. The molecule has 1 atom stereocenters. The second-order valence-corrected chi connectivity index (χ2v) is 6.80. The van der Waals surface area contributed by atoms with Crippen LogP contribution in [0.1, 0.15) is 13.8 Å². The van der Waals surface area contributed by atoms with Crippen LogP contribution in [0, 0.1) is 16.0 Å². The van der Waals surface area contributed by atoms with Crippen molar-refractivity contribution in [3.63, 3.8) is 0 Å². The first kappa shape index (κ1) is 17.8. The molecule has 1 amide bonds. The smallest absolute Gasteiger partial charge is 0.311 e. The van der Waals surface area contributed by atoms with Gasteiger partial charge in [-0.25, -0.2) is 0 Å². The number of para-hydroxylation sites is 2. The molecule has 0 bridgehead atoms. The Morgan fingerprint density at radius 3 is 2.38 bits per heavy atom. The van der Waals surface area contributed by atoms with Gasteiger partial charge in [0, 0.05) is 12.0 Å². The van der Waals surface area contributed by atoms with Crippen molar-refractivity contribution in [2.45, 2.75) is 23.9 Å². The Morgan fingerprint density at radius 1 is 1.33 bits per heavy atom. The monoisotopic (exact) mass is 354 g/mol. The zero-order chi connectivity index (χ0) is 16.2. The van der Waals surface area contributed by atoms with E-state index in [0.717, 1.165) is 0 Å². The van der Waals surface area contributed by atoms with E-state index in [1.54, 1.807) is 13.8 Å². The molecular formula is C12H13Cl3N2O4. The summed E-state index contributed by atoms with van der Waals surface area (Å²) >= 11 is 17.3. The van der Waals surface area contributed by atoms with E-state index in [-0.39, 0.29) is 17.4 Å². The van der Waals surface area contributed by atoms with Crippen molar-refractivity contribution in [3.8, 4) is 5.75 Å². The Hall–Kier alpha value is -1.24. The molecule has 1 N–H and O–H groups in total. The number of nitro groups is 1. The lowest BCUT2D eigenvalue weighted by Gasteiger charge is -2.26. The summed E-state index contributed by atoms with van der Waals surface area (Å²) in [5.41, 5.74) is -0.296. The van der Waals surface area contributed by atoms with Gasteiger partial charge in [0.25, 0.3) is 0 Å². The summed E-state index contributed by atoms with van der Waals surface area (Å²) in [6.07, 6.45) is -1.36. The van der Waals surface area contributed by atoms with E-state index >= 15 is 0 Å². The molecule has 0 aromatic heterocycles. The minimum atomic E-state index is -1.99. The van der Waals surface area contributed by atoms with E-state index < -0.39 is 20.9 Å². The maximum atomic E-state index is 11.7. The SMILES string of the molecule is CC(C)C(=O)N[C@H](Oc1ccccc1[N+](=O)[O-])C(Cl)(Cl)Cl. The lowest BCUT2D eigenvalue weighted by atomic mass is 10.2. The fraction of sp³-hybridized carbons (Fsp3) is 0.417. The molecular weight excluding hydrogens is 343 g/mol. The summed E-state index contributed by atoms with van der Waals surface area (Å²) in [6, 6.07) is 5.60. The lowest BCUT2D eigenvalue weighted by molar-refractivity contribution is -0.386. The second-order valence-electron chi connectivity index (χ2n) is 4.43. The average Bonchev–Trinajstić information content (AvgIpc) is 2.36. The van der Waals surface area contributed by atoms with Gasteiger partial charge >= 0.3 is 5.69 Å². The number of nitrogens with zero attached hydrogens (tertiary/aromatic N) is 1. The number of hydrogen-bond donors (Lipinski definition) is 1. The van der Waals surface area contributed by atoms with E-state index in [1.165, 1.54) is 24.3 Å². The third kappa shape index (κ3) is 5.22. The molecule has 21 heavy (non-hydrogen) atoms. The summed E-state index contributed by atoms with van der Waals surface area (Å²) in [7, 11) is 0. The number of nitro benzene ring substituents is 1. The van der Waals surface area contributed by atoms with E-state index in [9.17, 15) is 14.9 Å². The van der Waals surface area contributed by atoms with Crippen molar-refractivity contribution in [3.05, 3.63) is 34.4 Å². The molecule has 116 valence electrons. The maximum absolute atomic E-state index is 11.7.